The quantitative estimate of drug-likeness (QED) is 0.358. The highest BCUT2D eigenvalue weighted by molar-refractivity contribution is 5.88. The van der Waals surface area contributed by atoms with Gasteiger partial charge in [-0.05, 0) is 41.0 Å². The van der Waals surface area contributed by atoms with E-state index in [2.05, 4.69) is 5.32 Å². The molecule has 2 amide bonds. The van der Waals surface area contributed by atoms with E-state index < -0.39 is 6.04 Å². The molecule has 1 atom stereocenters. The molecule has 4 aromatic rings. The molecule has 178 valence electrons. The van der Waals surface area contributed by atoms with E-state index in [-0.39, 0.29) is 37.1 Å². The zero-order valence-corrected chi connectivity index (χ0v) is 19.3. The number of nitrogens with zero attached hydrogens (tertiary/aromatic N) is 1. The molecule has 0 aliphatic heterocycles. The Morgan fingerprint density at radius 1 is 0.800 bits per heavy atom. The van der Waals surface area contributed by atoms with Gasteiger partial charge in [0, 0.05) is 13.0 Å². The van der Waals surface area contributed by atoms with Gasteiger partial charge >= 0.3 is 0 Å². The van der Waals surface area contributed by atoms with Crippen molar-refractivity contribution < 1.29 is 18.4 Å². The Kier molecular flexibility index (Phi) is 8.07. The van der Waals surface area contributed by atoms with E-state index in [4.69, 9.17) is 4.42 Å². The van der Waals surface area contributed by atoms with Crippen LogP contribution in [0.4, 0.5) is 4.39 Å². The third kappa shape index (κ3) is 6.90. The van der Waals surface area contributed by atoms with Crippen LogP contribution in [0.1, 0.15) is 22.5 Å². The van der Waals surface area contributed by atoms with Crippen LogP contribution >= 0.6 is 0 Å². The molecule has 1 unspecified atom stereocenters. The van der Waals surface area contributed by atoms with Gasteiger partial charge in [-0.3, -0.25) is 9.59 Å². The first-order chi connectivity index (χ1) is 17.1. The van der Waals surface area contributed by atoms with E-state index >= 15 is 0 Å². The van der Waals surface area contributed by atoms with E-state index in [1.807, 2.05) is 60.7 Å². The maximum atomic E-state index is 13.6. The van der Waals surface area contributed by atoms with Crippen molar-refractivity contribution >= 4 is 11.8 Å². The predicted molar refractivity (Wildman–Crippen MR) is 132 cm³/mol. The predicted octanol–water partition coefficient (Wildman–Crippen LogP) is 4.92. The Labute approximate surface area is 204 Å². The SMILES string of the molecule is O=C(NCc1ccco1)C(Cc1ccccc1)N(Cc1ccc(F)cc1)C(=O)Cc1ccccc1. The number of furan rings is 1. The number of halogens is 1. The van der Waals surface area contributed by atoms with Crippen LogP contribution in [0.15, 0.2) is 108 Å². The number of rotatable bonds is 10. The molecule has 6 heteroatoms. The number of amides is 2. The lowest BCUT2D eigenvalue weighted by Gasteiger charge is -2.31. The summed E-state index contributed by atoms with van der Waals surface area (Å²) in [5, 5.41) is 2.91. The number of hydrogen-bond donors (Lipinski definition) is 1. The van der Waals surface area contributed by atoms with Gasteiger partial charge in [0.15, 0.2) is 0 Å². The van der Waals surface area contributed by atoms with Gasteiger partial charge in [-0.2, -0.15) is 0 Å². The lowest BCUT2D eigenvalue weighted by molar-refractivity contribution is -0.140. The van der Waals surface area contributed by atoms with Crippen LogP contribution in [-0.4, -0.2) is 22.8 Å². The van der Waals surface area contributed by atoms with Gasteiger partial charge in [0.1, 0.15) is 17.6 Å². The standard InChI is InChI=1S/C29H27FN2O3/c30-25-15-13-24(14-16-25)21-32(28(33)19-23-10-5-2-6-11-23)27(18-22-8-3-1-4-9-22)29(34)31-20-26-12-7-17-35-26/h1-17,27H,18-21H2,(H,31,34). The van der Waals surface area contributed by atoms with Crippen molar-refractivity contribution in [1.82, 2.24) is 10.2 Å². The molecule has 0 spiro atoms. The van der Waals surface area contributed by atoms with Crippen LogP contribution < -0.4 is 5.32 Å². The number of carbonyl (C=O) groups is 2. The summed E-state index contributed by atoms with van der Waals surface area (Å²) >= 11 is 0. The molecule has 1 aromatic heterocycles. The Bertz CT molecular complexity index is 1210. The lowest BCUT2D eigenvalue weighted by atomic mass is 10.0. The van der Waals surface area contributed by atoms with E-state index in [1.165, 1.54) is 12.1 Å². The Balaban J connectivity index is 1.63. The van der Waals surface area contributed by atoms with Crippen LogP contribution in [0.3, 0.4) is 0 Å². The summed E-state index contributed by atoms with van der Waals surface area (Å²) in [6.07, 6.45) is 2.04. The molecule has 5 nitrogen and oxygen atoms in total. The zero-order chi connectivity index (χ0) is 24.5. The molecule has 0 fully saturated rings. The highest BCUT2D eigenvalue weighted by Crippen LogP contribution is 2.17. The summed E-state index contributed by atoms with van der Waals surface area (Å²) in [5.74, 6) is -0.200. The largest absolute Gasteiger partial charge is 0.467 e. The third-order valence-corrected chi connectivity index (χ3v) is 5.75. The molecule has 0 saturated heterocycles. The van der Waals surface area contributed by atoms with Crippen molar-refractivity contribution in [3.63, 3.8) is 0 Å². The van der Waals surface area contributed by atoms with E-state index in [9.17, 15) is 14.0 Å². The normalized spacial score (nSPS) is 11.6. The van der Waals surface area contributed by atoms with Gasteiger partial charge < -0.3 is 14.6 Å². The van der Waals surface area contributed by atoms with Crippen molar-refractivity contribution in [1.29, 1.82) is 0 Å². The maximum absolute atomic E-state index is 13.6. The summed E-state index contributed by atoms with van der Waals surface area (Å²) in [5.41, 5.74) is 2.53. The molecule has 1 N–H and O–H groups in total. The highest BCUT2D eigenvalue weighted by Gasteiger charge is 2.30. The van der Waals surface area contributed by atoms with Crippen LogP contribution in [0, 0.1) is 5.82 Å². The molecule has 0 saturated carbocycles. The smallest absolute Gasteiger partial charge is 0.243 e. The first-order valence-corrected chi connectivity index (χ1v) is 11.5. The second-order valence-corrected chi connectivity index (χ2v) is 8.31. The van der Waals surface area contributed by atoms with Crippen molar-refractivity contribution in [2.45, 2.75) is 32.0 Å². The van der Waals surface area contributed by atoms with Crippen molar-refractivity contribution in [2.75, 3.05) is 0 Å². The fourth-order valence-corrected chi connectivity index (χ4v) is 3.92. The van der Waals surface area contributed by atoms with Gasteiger partial charge in [-0.25, -0.2) is 4.39 Å². The molecule has 0 aliphatic rings. The molecule has 0 aliphatic carbocycles. The molecule has 3 aromatic carbocycles. The average Bonchev–Trinajstić information content (AvgIpc) is 3.41. The second-order valence-electron chi connectivity index (χ2n) is 8.31. The first kappa shape index (κ1) is 24.0. The minimum Gasteiger partial charge on any atom is -0.467 e. The van der Waals surface area contributed by atoms with Gasteiger partial charge in [0.25, 0.3) is 0 Å². The summed E-state index contributed by atoms with van der Waals surface area (Å²) in [7, 11) is 0. The van der Waals surface area contributed by atoms with Gasteiger partial charge in [-0.15, -0.1) is 0 Å². The molecular weight excluding hydrogens is 443 g/mol. The summed E-state index contributed by atoms with van der Waals surface area (Å²) in [6, 6.07) is 27.8. The Morgan fingerprint density at radius 2 is 1.46 bits per heavy atom. The van der Waals surface area contributed by atoms with Crippen LogP contribution in [0.2, 0.25) is 0 Å². The fourth-order valence-electron chi connectivity index (χ4n) is 3.92. The minimum absolute atomic E-state index is 0.152. The molecular formula is C29H27FN2O3. The fraction of sp³-hybridized carbons (Fsp3) is 0.172. The third-order valence-electron chi connectivity index (χ3n) is 5.75. The van der Waals surface area contributed by atoms with Gasteiger partial charge in [-0.1, -0.05) is 72.8 Å². The number of nitrogens with one attached hydrogen (secondary N) is 1. The van der Waals surface area contributed by atoms with Gasteiger partial charge in [0.2, 0.25) is 11.8 Å². The summed E-state index contributed by atoms with van der Waals surface area (Å²) in [6.45, 7) is 0.395. The highest BCUT2D eigenvalue weighted by atomic mass is 19.1. The summed E-state index contributed by atoms with van der Waals surface area (Å²) in [4.78, 5) is 28.7. The Hall–Kier alpha value is -4.19. The van der Waals surface area contributed by atoms with Crippen LogP contribution in [0.25, 0.3) is 0 Å². The molecule has 0 bridgehead atoms. The molecule has 0 radical (unpaired) electrons. The van der Waals surface area contributed by atoms with E-state index in [0.717, 1.165) is 16.7 Å². The number of benzene rings is 3. The molecule has 4 rings (SSSR count). The Morgan fingerprint density at radius 3 is 2.09 bits per heavy atom. The number of carbonyl (C=O) groups excluding carboxylic acids is 2. The average molecular weight is 471 g/mol. The molecule has 35 heavy (non-hydrogen) atoms. The van der Waals surface area contributed by atoms with Crippen LogP contribution in [-0.2, 0) is 35.5 Å². The lowest BCUT2D eigenvalue weighted by Crippen LogP contribution is -2.50. The van der Waals surface area contributed by atoms with Crippen molar-refractivity contribution in [3.05, 3.63) is 132 Å². The van der Waals surface area contributed by atoms with E-state index in [1.54, 1.807) is 35.4 Å². The van der Waals surface area contributed by atoms with Crippen molar-refractivity contribution in [2.24, 2.45) is 0 Å². The van der Waals surface area contributed by atoms with Crippen LogP contribution in [0.5, 0.6) is 0 Å². The molecule has 1 heterocycles. The van der Waals surface area contributed by atoms with E-state index in [0.29, 0.717) is 12.2 Å². The summed E-state index contributed by atoms with van der Waals surface area (Å²) < 4.78 is 18.9. The second kappa shape index (κ2) is 11.8. The monoisotopic (exact) mass is 470 g/mol. The minimum atomic E-state index is -0.770. The van der Waals surface area contributed by atoms with Crippen molar-refractivity contribution in [3.8, 4) is 0 Å². The zero-order valence-electron chi connectivity index (χ0n) is 19.3. The maximum Gasteiger partial charge on any atom is 0.243 e. The first-order valence-electron chi connectivity index (χ1n) is 11.5. The number of hydrogen-bond acceptors (Lipinski definition) is 3. The topological polar surface area (TPSA) is 62.6 Å². The van der Waals surface area contributed by atoms with Gasteiger partial charge in [0.05, 0.1) is 19.2 Å².